The Hall–Kier alpha value is -3.56. The summed E-state index contributed by atoms with van der Waals surface area (Å²) in [5.41, 5.74) is 7.14. The van der Waals surface area contributed by atoms with Crippen LogP contribution in [-0.2, 0) is 29.1 Å². The van der Waals surface area contributed by atoms with E-state index in [-0.39, 0.29) is 30.7 Å². The van der Waals surface area contributed by atoms with Crippen LogP contribution in [0.2, 0.25) is 0 Å². The van der Waals surface area contributed by atoms with E-state index >= 15 is 0 Å². The number of benzene rings is 2. The number of aromatic nitrogens is 1. The molecule has 0 saturated carbocycles. The normalized spacial score (nSPS) is 19.2. The van der Waals surface area contributed by atoms with E-state index in [9.17, 15) is 19.5 Å². The first-order chi connectivity index (χ1) is 20.3. The smallest absolute Gasteiger partial charge is 0.255 e. The number of aliphatic hydroxyl groups excluding tert-OH is 1. The number of likely N-dealkylation sites (tertiary alicyclic amines) is 1. The van der Waals surface area contributed by atoms with Crippen molar-refractivity contribution in [2.24, 2.45) is 11.3 Å². The standard InChI is InChI=1S/C34H42N4O4S/c1-20(2)13-24-14-22(11-12-26(24)29-21(3)36-19-43-29)16-35-31(40)28-15-25(39)18-37(28)33(42)30(34(4,5)6)38-17-23-9-7-8-10-27(23)32(38)41/h7-12,14,19-20,25,28,30,39H,13,15-18H2,1-6H3,(H,35,40)/t25-,28+,30-/m1/s1. The molecular formula is C34H42N4O4S. The molecule has 0 aliphatic carbocycles. The van der Waals surface area contributed by atoms with E-state index in [4.69, 9.17) is 0 Å². The minimum absolute atomic E-state index is 0.0555. The summed E-state index contributed by atoms with van der Waals surface area (Å²) < 4.78 is 0. The minimum Gasteiger partial charge on any atom is -0.391 e. The van der Waals surface area contributed by atoms with Gasteiger partial charge in [0.2, 0.25) is 11.8 Å². The van der Waals surface area contributed by atoms with Crippen molar-refractivity contribution < 1.29 is 19.5 Å². The molecule has 9 heteroatoms. The molecule has 2 aliphatic heterocycles. The molecule has 1 saturated heterocycles. The van der Waals surface area contributed by atoms with E-state index in [1.54, 1.807) is 22.3 Å². The quantitative estimate of drug-likeness (QED) is 0.379. The molecule has 3 atom stereocenters. The van der Waals surface area contributed by atoms with E-state index in [0.29, 0.717) is 24.6 Å². The van der Waals surface area contributed by atoms with Crippen LogP contribution in [-0.4, -0.2) is 62.3 Å². The third kappa shape index (κ3) is 6.38. The Morgan fingerprint density at radius 3 is 2.53 bits per heavy atom. The number of nitrogens with one attached hydrogen (secondary N) is 1. The van der Waals surface area contributed by atoms with Gasteiger partial charge in [-0.2, -0.15) is 0 Å². The topological polar surface area (TPSA) is 103 Å². The van der Waals surface area contributed by atoms with Crippen LogP contribution < -0.4 is 5.32 Å². The lowest BCUT2D eigenvalue weighted by molar-refractivity contribution is -0.145. The second kappa shape index (κ2) is 12.2. The summed E-state index contributed by atoms with van der Waals surface area (Å²) in [5, 5.41) is 13.6. The van der Waals surface area contributed by atoms with Gasteiger partial charge in [-0.05, 0) is 53.0 Å². The van der Waals surface area contributed by atoms with Crippen molar-refractivity contribution in [1.29, 1.82) is 0 Å². The van der Waals surface area contributed by atoms with Crippen LogP contribution in [0.5, 0.6) is 0 Å². The zero-order valence-corrected chi connectivity index (χ0v) is 26.7. The fourth-order valence-electron chi connectivity index (χ4n) is 6.37. The van der Waals surface area contributed by atoms with Crippen molar-refractivity contribution in [3.8, 4) is 10.4 Å². The monoisotopic (exact) mass is 602 g/mol. The first-order valence-corrected chi connectivity index (χ1v) is 15.9. The highest BCUT2D eigenvalue weighted by atomic mass is 32.1. The van der Waals surface area contributed by atoms with Gasteiger partial charge < -0.3 is 20.2 Å². The van der Waals surface area contributed by atoms with Crippen molar-refractivity contribution in [1.82, 2.24) is 20.1 Å². The second-order valence-corrected chi connectivity index (χ2v) is 14.2. The minimum atomic E-state index is -0.818. The number of carbonyl (C=O) groups is 3. The van der Waals surface area contributed by atoms with Gasteiger partial charge in [-0.3, -0.25) is 14.4 Å². The first kappa shape index (κ1) is 30.9. The summed E-state index contributed by atoms with van der Waals surface area (Å²) in [4.78, 5) is 49.8. The first-order valence-electron chi connectivity index (χ1n) is 15.0. The van der Waals surface area contributed by atoms with Crippen molar-refractivity contribution >= 4 is 29.1 Å². The number of rotatable bonds is 8. The Morgan fingerprint density at radius 1 is 1.14 bits per heavy atom. The maximum absolute atomic E-state index is 14.2. The van der Waals surface area contributed by atoms with E-state index in [0.717, 1.165) is 28.1 Å². The van der Waals surface area contributed by atoms with Crippen molar-refractivity contribution in [2.45, 2.75) is 85.7 Å². The molecule has 5 rings (SSSR count). The molecule has 3 heterocycles. The molecule has 1 fully saturated rings. The number of amides is 3. The summed E-state index contributed by atoms with van der Waals surface area (Å²) >= 11 is 1.63. The van der Waals surface area contributed by atoms with E-state index in [1.165, 1.54) is 16.0 Å². The number of aliphatic hydroxyl groups is 1. The number of hydrogen-bond donors (Lipinski definition) is 2. The second-order valence-electron chi connectivity index (χ2n) is 13.3. The SMILES string of the molecule is Cc1ncsc1-c1ccc(CNC(=O)[C@@H]2C[C@@H](O)CN2C(=O)[C@@H](N2Cc3ccccc3C2=O)C(C)(C)C)cc1CC(C)C. The lowest BCUT2D eigenvalue weighted by Crippen LogP contribution is -2.57. The van der Waals surface area contributed by atoms with Crippen LogP contribution in [0, 0.1) is 18.3 Å². The molecule has 8 nitrogen and oxygen atoms in total. The molecule has 0 radical (unpaired) electrons. The summed E-state index contributed by atoms with van der Waals surface area (Å²) in [6.07, 6.45) is 0.246. The summed E-state index contributed by atoms with van der Waals surface area (Å²) in [6.45, 7) is 12.9. The number of hydrogen-bond acceptors (Lipinski definition) is 6. The van der Waals surface area contributed by atoms with Gasteiger partial charge in [0.15, 0.2) is 0 Å². The summed E-state index contributed by atoms with van der Waals surface area (Å²) in [5.74, 6) is -0.337. The summed E-state index contributed by atoms with van der Waals surface area (Å²) in [6, 6.07) is 12.1. The summed E-state index contributed by atoms with van der Waals surface area (Å²) in [7, 11) is 0. The average Bonchev–Trinajstić information content (AvgIpc) is 3.63. The van der Waals surface area contributed by atoms with Gasteiger partial charge in [0, 0.05) is 31.6 Å². The molecule has 2 aliphatic rings. The lowest BCUT2D eigenvalue weighted by atomic mass is 9.84. The van der Waals surface area contributed by atoms with E-state index < -0.39 is 23.6 Å². The third-order valence-corrected chi connectivity index (χ3v) is 9.30. The molecule has 43 heavy (non-hydrogen) atoms. The predicted molar refractivity (Wildman–Crippen MR) is 168 cm³/mol. The lowest BCUT2D eigenvalue weighted by Gasteiger charge is -2.40. The van der Waals surface area contributed by atoms with Gasteiger partial charge in [0.05, 0.1) is 22.2 Å². The van der Waals surface area contributed by atoms with E-state index in [2.05, 4.69) is 36.3 Å². The Labute approximate surface area is 258 Å². The largest absolute Gasteiger partial charge is 0.391 e. The Bertz CT molecular complexity index is 1520. The highest BCUT2D eigenvalue weighted by Crippen LogP contribution is 2.35. The number of aryl methyl sites for hydroxylation is 1. The van der Waals surface area contributed by atoms with Gasteiger partial charge in [-0.25, -0.2) is 4.98 Å². The van der Waals surface area contributed by atoms with Crippen molar-refractivity contribution in [3.05, 3.63) is 75.9 Å². The van der Waals surface area contributed by atoms with Crippen molar-refractivity contribution in [2.75, 3.05) is 6.54 Å². The molecular weight excluding hydrogens is 560 g/mol. The van der Waals surface area contributed by atoms with Crippen LogP contribution in [0.25, 0.3) is 10.4 Å². The van der Waals surface area contributed by atoms with Crippen LogP contribution in [0.4, 0.5) is 0 Å². The molecule has 2 N–H and O–H groups in total. The van der Waals surface area contributed by atoms with Crippen LogP contribution >= 0.6 is 11.3 Å². The molecule has 0 spiro atoms. The third-order valence-electron chi connectivity index (χ3n) is 8.33. The fourth-order valence-corrected chi connectivity index (χ4v) is 7.24. The van der Waals surface area contributed by atoms with Crippen molar-refractivity contribution in [3.63, 3.8) is 0 Å². The molecule has 0 bridgehead atoms. The number of nitrogens with zero attached hydrogens (tertiary/aromatic N) is 3. The average molecular weight is 603 g/mol. The molecule has 2 aromatic carbocycles. The Morgan fingerprint density at radius 2 is 1.88 bits per heavy atom. The number of fused-ring (bicyclic) bond motifs is 1. The van der Waals surface area contributed by atoms with Gasteiger partial charge in [-0.1, -0.05) is 71.0 Å². The Kier molecular flexibility index (Phi) is 8.77. The molecule has 3 aromatic rings. The van der Waals surface area contributed by atoms with Gasteiger partial charge >= 0.3 is 0 Å². The zero-order chi connectivity index (χ0) is 31.1. The maximum atomic E-state index is 14.2. The molecule has 228 valence electrons. The van der Waals surface area contributed by atoms with E-state index in [1.807, 2.05) is 57.5 Å². The molecule has 1 aromatic heterocycles. The molecule has 3 amide bonds. The van der Waals surface area contributed by atoms with Gasteiger partial charge in [0.1, 0.15) is 12.1 Å². The van der Waals surface area contributed by atoms with Crippen LogP contribution in [0.1, 0.15) is 73.8 Å². The highest BCUT2D eigenvalue weighted by Gasteiger charge is 2.48. The molecule has 0 unspecified atom stereocenters. The van der Waals surface area contributed by atoms with Crippen LogP contribution in [0.3, 0.4) is 0 Å². The Balaban J connectivity index is 1.33. The maximum Gasteiger partial charge on any atom is 0.255 e. The number of β-amino-alcohol motifs (C(OH)–C–C–N with tert-alkyl or cyclic N) is 1. The van der Waals surface area contributed by atoms with Crippen LogP contribution in [0.15, 0.2) is 48.0 Å². The fraction of sp³-hybridized carbons (Fsp3) is 0.471. The predicted octanol–water partition coefficient (Wildman–Crippen LogP) is 4.97. The number of carbonyl (C=O) groups excluding carboxylic acids is 3. The highest BCUT2D eigenvalue weighted by molar-refractivity contribution is 7.13. The van der Waals surface area contributed by atoms with Gasteiger partial charge in [-0.15, -0.1) is 11.3 Å². The zero-order valence-electron chi connectivity index (χ0n) is 25.9. The van der Waals surface area contributed by atoms with Gasteiger partial charge in [0.25, 0.3) is 5.91 Å². The number of thiazole rings is 1.